The number of rotatable bonds is 6. The molecule has 0 aliphatic heterocycles. The van der Waals surface area contributed by atoms with Crippen molar-refractivity contribution in [3.05, 3.63) is 52.9 Å². The van der Waals surface area contributed by atoms with E-state index < -0.39 is 0 Å². The van der Waals surface area contributed by atoms with E-state index in [1.165, 1.54) is 18.4 Å². The largest absolute Gasteiger partial charge is 0.354 e. The van der Waals surface area contributed by atoms with Gasteiger partial charge in [0.2, 0.25) is 0 Å². The summed E-state index contributed by atoms with van der Waals surface area (Å²) in [6, 6.07) is 6.69. The summed E-state index contributed by atoms with van der Waals surface area (Å²) in [5, 5.41) is 4.17. The minimum atomic E-state index is 0.692. The van der Waals surface area contributed by atoms with E-state index in [1.807, 2.05) is 31.4 Å². The molecule has 0 aromatic carbocycles. The summed E-state index contributed by atoms with van der Waals surface area (Å²) in [4.78, 5) is 10.6. The van der Waals surface area contributed by atoms with Gasteiger partial charge in [0.1, 0.15) is 5.82 Å². The maximum Gasteiger partial charge on any atom is 0.147 e. The molecule has 1 aliphatic carbocycles. The highest BCUT2D eigenvalue weighted by molar-refractivity contribution is 6.33. The fourth-order valence-electron chi connectivity index (χ4n) is 2.23. The Kier molecular flexibility index (Phi) is 4.36. The number of halogens is 1. The van der Waals surface area contributed by atoms with Crippen molar-refractivity contribution >= 4 is 17.4 Å². The second kappa shape index (κ2) is 6.41. The van der Waals surface area contributed by atoms with Crippen molar-refractivity contribution in [3.8, 4) is 0 Å². The number of pyridine rings is 2. The van der Waals surface area contributed by atoms with Gasteiger partial charge < -0.3 is 10.2 Å². The van der Waals surface area contributed by atoms with Crippen molar-refractivity contribution in [2.75, 3.05) is 11.9 Å². The molecule has 0 spiro atoms. The third-order valence-corrected chi connectivity index (χ3v) is 3.86. The molecule has 2 aromatic heterocycles. The topological polar surface area (TPSA) is 41.1 Å². The lowest BCUT2D eigenvalue weighted by Crippen LogP contribution is -2.19. The molecule has 0 unspecified atom stereocenters. The van der Waals surface area contributed by atoms with Gasteiger partial charge in [0.25, 0.3) is 0 Å². The fraction of sp³-hybridized carbons (Fsp3) is 0.375. The third-order valence-electron chi connectivity index (χ3n) is 3.58. The Morgan fingerprint density at radius 1 is 1.29 bits per heavy atom. The molecule has 0 amide bonds. The third kappa shape index (κ3) is 3.93. The van der Waals surface area contributed by atoms with Crippen LogP contribution in [0.15, 0.2) is 36.8 Å². The number of aromatic nitrogens is 2. The molecular weight excluding hydrogens is 284 g/mol. The summed E-state index contributed by atoms with van der Waals surface area (Å²) in [5.74, 6) is 0.809. The number of nitrogens with one attached hydrogen (secondary N) is 1. The fourth-order valence-corrected chi connectivity index (χ4v) is 2.57. The molecule has 0 atom stereocenters. The highest BCUT2D eigenvalue weighted by Gasteiger charge is 2.20. The first-order valence-electron chi connectivity index (χ1n) is 7.20. The summed E-state index contributed by atoms with van der Waals surface area (Å²) in [6.45, 7) is 1.60. The molecule has 110 valence electrons. The second-order valence-electron chi connectivity index (χ2n) is 5.52. The lowest BCUT2D eigenvalue weighted by atomic mass is 10.2. The summed E-state index contributed by atoms with van der Waals surface area (Å²) in [5.41, 5.74) is 2.32. The summed E-state index contributed by atoms with van der Waals surface area (Å²) < 4.78 is 0. The van der Waals surface area contributed by atoms with Gasteiger partial charge in [-0.1, -0.05) is 11.6 Å². The predicted octanol–water partition coefficient (Wildman–Crippen LogP) is 3.02. The zero-order valence-electron chi connectivity index (χ0n) is 12.1. The smallest absolute Gasteiger partial charge is 0.147 e. The summed E-state index contributed by atoms with van der Waals surface area (Å²) in [6.07, 6.45) is 8.07. The Morgan fingerprint density at radius 3 is 2.71 bits per heavy atom. The van der Waals surface area contributed by atoms with Crippen molar-refractivity contribution in [1.82, 2.24) is 15.3 Å². The van der Waals surface area contributed by atoms with Crippen molar-refractivity contribution in [2.24, 2.45) is 0 Å². The highest BCUT2D eigenvalue weighted by atomic mass is 35.5. The second-order valence-corrected chi connectivity index (χ2v) is 5.92. The highest BCUT2D eigenvalue weighted by Crippen LogP contribution is 2.25. The first-order valence-corrected chi connectivity index (χ1v) is 7.58. The number of anilines is 1. The SMILES string of the molecule is CN(Cc1ccncc1)c1ncc(CNC2CC2)cc1Cl. The van der Waals surface area contributed by atoms with Gasteiger partial charge in [-0.05, 0) is 42.2 Å². The van der Waals surface area contributed by atoms with Crippen LogP contribution >= 0.6 is 11.6 Å². The first kappa shape index (κ1) is 14.3. The van der Waals surface area contributed by atoms with Crippen LogP contribution in [0.5, 0.6) is 0 Å². The van der Waals surface area contributed by atoms with Crippen LogP contribution in [0.25, 0.3) is 0 Å². The van der Waals surface area contributed by atoms with Crippen molar-refractivity contribution in [2.45, 2.75) is 32.0 Å². The van der Waals surface area contributed by atoms with E-state index in [9.17, 15) is 0 Å². The Balaban J connectivity index is 1.66. The van der Waals surface area contributed by atoms with Crippen LogP contribution in [-0.2, 0) is 13.1 Å². The average molecular weight is 303 g/mol. The maximum absolute atomic E-state index is 6.38. The van der Waals surface area contributed by atoms with E-state index in [1.54, 1.807) is 12.4 Å². The Bertz CT molecular complexity index is 598. The molecule has 0 saturated heterocycles. The van der Waals surface area contributed by atoms with Gasteiger partial charge in [0, 0.05) is 44.8 Å². The first-order chi connectivity index (χ1) is 10.2. The lowest BCUT2D eigenvalue weighted by molar-refractivity contribution is 0.685. The maximum atomic E-state index is 6.38. The van der Waals surface area contributed by atoms with Gasteiger partial charge in [0.15, 0.2) is 0 Å². The molecule has 5 heteroatoms. The molecule has 2 heterocycles. The molecule has 21 heavy (non-hydrogen) atoms. The van der Waals surface area contributed by atoms with Crippen LogP contribution < -0.4 is 10.2 Å². The van der Waals surface area contributed by atoms with Crippen LogP contribution in [-0.4, -0.2) is 23.1 Å². The monoisotopic (exact) mass is 302 g/mol. The quantitative estimate of drug-likeness (QED) is 0.890. The molecule has 1 aliphatic rings. The standard InChI is InChI=1S/C16H19ClN4/c1-21(11-12-4-6-18-7-5-12)16-15(17)8-13(10-20-16)9-19-14-2-3-14/h4-8,10,14,19H,2-3,9,11H2,1H3. The van der Waals surface area contributed by atoms with Crippen LogP contribution in [0.3, 0.4) is 0 Å². The molecule has 2 aromatic rings. The van der Waals surface area contributed by atoms with E-state index in [-0.39, 0.29) is 0 Å². The van der Waals surface area contributed by atoms with E-state index in [4.69, 9.17) is 11.6 Å². The van der Waals surface area contributed by atoms with Crippen LogP contribution in [0.4, 0.5) is 5.82 Å². The normalized spacial score (nSPS) is 14.2. The molecule has 3 rings (SSSR count). The van der Waals surface area contributed by atoms with Crippen molar-refractivity contribution < 1.29 is 0 Å². The van der Waals surface area contributed by atoms with E-state index in [2.05, 4.69) is 20.2 Å². The number of hydrogen-bond acceptors (Lipinski definition) is 4. The molecule has 1 N–H and O–H groups in total. The van der Waals surface area contributed by atoms with Gasteiger partial charge in [-0.3, -0.25) is 4.98 Å². The molecule has 0 bridgehead atoms. The van der Waals surface area contributed by atoms with E-state index >= 15 is 0 Å². The Hall–Kier alpha value is -1.65. The minimum Gasteiger partial charge on any atom is -0.354 e. The van der Waals surface area contributed by atoms with Crippen LogP contribution in [0, 0.1) is 0 Å². The van der Waals surface area contributed by atoms with Crippen LogP contribution in [0.2, 0.25) is 5.02 Å². The summed E-state index contributed by atoms with van der Waals surface area (Å²) in [7, 11) is 2.00. The van der Waals surface area contributed by atoms with Gasteiger partial charge >= 0.3 is 0 Å². The summed E-state index contributed by atoms with van der Waals surface area (Å²) >= 11 is 6.38. The van der Waals surface area contributed by atoms with Crippen molar-refractivity contribution in [3.63, 3.8) is 0 Å². The van der Waals surface area contributed by atoms with Gasteiger partial charge in [-0.25, -0.2) is 4.98 Å². The lowest BCUT2D eigenvalue weighted by Gasteiger charge is -2.19. The number of nitrogens with zero attached hydrogens (tertiary/aromatic N) is 3. The van der Waals surface area contributed by atoms with Gasteiger partial charge in [-0.15, -0.1) is 0 Å². The van der Waals surface area contributed by atoms with E-state index in [0.717, 1.165) is 24.5 Å². The van der Waals surface area contributed by atoms with Crippen LogP contribution in [0.1, 0.15) is 24.0 Å². The molecule has 1 saturated carbocycles. The average Bonchev–Trinajstić information content (AvgIpc) is 3.30. The van der Waals surface area contributed by atoms with E-state index in [0.29, 0.717) is 11.1 Å². The minimum absolute atomic E-state index is 0.692. The predicted molar refractivity (Wildman–Crippen MR) is 85.5 cm³/mol. The zero-order chi connectivity index (χ0) is 14.7. The molecule has 1 fully saturated rings. The molecular formula is C16H19ClN4. The van der Waals surface area contributed by atoms with Gasteiger partial charge in [0.05, 0.1) is 5.02 Å². The van der Waals surface area contributed by atoms with Crippen molar-refractivity contribution in [1.29, 1.82) is 0 Å². The zero-order valence-corrected chi connectivity index (χ0v) is 12.8. The number of hydrogen-bond donors (Lipinski definition) is 1. The molecule has 0 radical (unpaired) electrons. The van der Waals surface area contributed by atoms with Gasteiger partial charge in [-0.2, -0.15) is 0 Å². The Morgan fingerprint density at radius 2 is 2.05 bits per heavy atom. The molecule has 4 nitrogen and oxygen atoms in total. The Labute approximate surface area is 130 Å².